The molecule has 0 amide bonds. The molecule has 1 fully saturated rings. The Labute approximate surface area is 272 Å². The highest BCUT2D eigenvalue weighted by atomic mass is 35.5. The van der Waals surface area contributed by atoms with Crippen molar-refractivity contribution in [2.75, 3.05) is 57.9 Å². The number of nitrogens with one attached hydrogen (secondary N) is 1. The van der Waals surface area contributed by atoms with Crippen LogP contribution in [0.1, 0.15) is 111 Å². The lowest BCUT2D eigenvalue weighted by molar-refractivity contribution is -0.144. The van der Waals surface area contributed by atoms with Gasteiger partial charge in [-0.15, -0.1) is 9.97 Å². The van der Waals surface area contributed by atoms with Gasteiger partial charge in [0, 0.05) is 51.7 Å². The van der Waals surface area contributed by atoms with Crippen LogP contribution in [-0.4, -0.2) is 82.3 Å². The summed E-state index contributed by atoms with van der Waals surface area (Å²) in [5.41, 5.74) is 0. The maximum atomic E-state index is 12.4. The summed E-state index contributed by atoms with van der Waals surface area (Å²) >= 11 is 6.36. The van der Waals surface area contributed by atoms with Gasteiger partial charge in [0.1, 0.15) is 13.2 Å². The second-order valence-corrected chi connectivity index (χ2v) is 14.1. The molecule has 1 N–H and O–H groups in total. The van der Waals surface area contributed by atoms with E-state index >= 15 is 0 Å². The van der Waals surface area contributed by atoms with Gasteiger partial charge in [0.05, 0.1) is 13.1 Å². The van der Waals surface area contributed by atoms with Gasteiger partial charge in [0.2, 0.25) is 11.2 Å². The molecule has 1 saturated heterocycles. The van der Waals surface area contributed by atoms with E-state index < -0.39 is 8.80 Å². The Hall–Kier alpha value is -1.08. The molecule has 0 atom stereocenters. The van der Waals surface area contributed by atoms with E-state index in [0.717, 1.165) is 45.2 Å². The molecule has 1 aliphatic rings. The van der Waals surface area contributed by atoms with Gasteiger partial charge < -0.3 is 35.7 Å². The first kappa shape index (κ1) is 39.9. The van der Waals surface area contributed by atoms with E-state index in [-0.39, 0.29) is 23.7 Å². The molecule has 43 heavy (non-hydrogen) atoms. The van der Waals surface area contributed by atoms with Gasteiger partial charge in [-0.05, 0) is 45.2 Å². The van der Waals surface area contributed by atoms with E-state index in [9.17, 15) is 4.79 Å². The number of nitrogens with zero attached hydrogens (tertiary/aromatic N) is 4. The number of hydrogen-bond acceptors (Lipinski definition) is 9. The largest absolute Gasteiger partial charge is 1.00 e. The summed E-state index contributed by atoms with van der Waals surface area (Å²) in [6.45, 7) is 13.2. The van der Waals surface area contributed by atoms with Crippen molar-refractivity contribution in [1.29, 1.82) is 0 Å². The number of hydrogen-bond donors (Lipinski definition) is 1. The van der Waals surface area contributed by atoms with Crippen molar-refractivity contribution in [3.05, 3.63) is 5.28 Å². The summed E-state index contributed by atoms with van der Waals surface area (Å²) in [6, 6.07) is 0.700. The monoisotopic (exact) mass is 665 g/mol. The second kappa shape index (κ2) is 23.3. The Kier molecular flexibility index (Phi) is 21.6. The highest BCUT2D eigenvalue weighted by Gasteiger charge is 2.40. The van der Waals surface area contributed by atoms with Crippen LogP contribution >= 0.6 is 11.6 Å². The molecule has 1 aromatic rings. The van der Waals surface area contributed by atoms with Crippen LogP contribution in [0.3, 0.4) is 0 Å². The van der Waals surface area contributed by atoms with Crippen LogP contribution in [0, 0.1) is 0 Å². The van der Waals surface area contributed by atoms with Gasteiger partial charge in [-0.3, -0.25) is 9.28 Å². The van der Waals surface area contributed by atoms with E-state index in [2.05, 4.69) is 22.2 Å². The number of likely N-dealkylation sites (tertiary alicyclic amines) is 1. The zero-order chi connectivity index (χ0) is 30.5. The molecule has 250 valence electrons. The number of aromatic nitrogens is 3. The first-order chi connectivity index (χ1) is 20.4. The Morgan fingerprint density at radius 3 is 2.00 bits per heavy atom. The van der Waals surface area contributed by atoms with Gasteiger partial charge in [0.25, 0.3) is 0 Å². The van der Waals surface area contributed by atoms with Crippen molar-refractivity contribution in [3.8, 4) is 0 Å². The topological polar surface area (TPSA) is 105 Å². The van der Waals surface area contributed by atoms with Crippen LogP contribution in [0.2, 0.25) is 11.3 Å². The van der Waals surface area contributed by atoms with Gasteiger partial charge in [-0.2, -0.15) is 4.98 Å². The molecule has 10 nitrogen and oxygen atoms in total. The van der Waals surface area contributed by atoms with Crippen LogP contribution < -0.4 is 22.2 Å². The zero-order valence-electron chi connectivity index (χ0n) is 27.1. The number of halogens is 2. The first-order valence-corrected chi connectivity index (χ1v) is 18.8. The third kappa shape index (κ3) is 15.2. The minimum absolute atomic E-state index is 0. The molecule has 0 aromatic carbocycles. The molecule has 0 aliphatic carbocycles. The predicted molar refractivity (Wildman–Crippen MR) is 172 cm³/mol. The number of unbranched alkanes of at least 4 members (excludes halogenated alkanes) is 8. The van der Waals surface area contributed by atoms with Crippen LogP contribution in [0.25, 0.3) is 0 Å². The standard InChI is InChI=1S/C30H57ClN5O5Si.ClH/c1-5-9-10-11-12-13-14-15-16-20-27(37)38-25-24-36(22-17-18-23-36)30-34-28(31)33-29(35-30)32-21-19-26-42(39-6-2,40-7-3)41-8-4;/h5-26H2,1-4H3,(H,32,33,34,35);1H/q+1;/p-1. The summed E-state index contributed by atoms with van der Waals surface area (Å²) in [5, 5.41) is 3.47. The number of esters is 1. The lowest BCUT2D eigenvalue weighted by Gasteiger charge is -2.30. The third-order valence-corrected chi connectivity index (χ3v) is 11.1. The molecule has 0 radical (unpaired) electrons. The SMILES string of the molecule is CCCCCCCCCCCC(=O)OCC[N+]1(c2nc(Cl)nc(NCCC[Si](OCC)(OCC)OCC)n2)CCCC1.[Cl-]. The molecular weight excluding hydrogens is 609 g/mol. The van der Waals surface area contributed by atoms with E-state index in [1.165, 1.54) is 44.9 Å². The summed E-state index contributed by atoms with van der Waals surface area (Å²) in [7, 11) is -2.70. The van der Waals surface area contributed by atoms with Crippen molar-refractivity contribution < 1.29 is 35.2 Å². The lowest BCUT2D eigenvalue weighted by atomic mass is 10.1. The highest BCUT2D eigenvalue weighted by Crippen LogP contribution is 2.28. The molecule has 13 heteroatoms. The smallest absolute Gasteiger partial charge is 0.500 e. The van der Waals surface area contributed by atoms with Crippen molar-refractivity contribution in [2.24, 2.45) is 0 Å². The number of quaternary nitrogens is 1. The molecule has 1 aromatic heterocycles. The number of ether oxygens (including phenoxy) is 1. The van der Waals surface area contributed by atoms with Gasteiger partial charge in [-0.1, -0.05) is 58.3 Å². The molecule has 2 rings (SSSR count). The third-order valence-electron chi connectivity index (χ3n) is 7.75. The molecule has 0 saturated carbocycles. The van der Waals surface area contributed by atoms with Crippen LogP contribution in [0.4, 0.5) is 11.9 Å². The van der Waals surface area contributed by atoms with Crippen molar-refractivity contribution in [3.63, 3.8) is 0 Å². The molecule has 0 spiro atoms. The fourth-order valence-corrected chi connectivity index (χ4v) is 8.36. The van der Waals surface area contributed by atoms with Crippen LogP contribution in [0.15, 0.2) is 0 Å². The van der Waals surface area contributed by atoms with Crippen LogP contribution in [-0.2, 0) is 22.8 Å². The molecule has 2 heterocycles. The number of anilines is 1. The fourth-order valence-electron chi connectivity index (χ4n) is 5.59. The first-order valence-electron chi connectivity index (χ1n) is 16.5. The van der Waals surface area contributed by atoms with Crippen LogP contribution in [0.5, 0.6) is 0 Å². The van der Waals surface area contributed by atoms with E-state index in [1.54, 1.807) is 0 Å². The summed E-state index contributed by atoms with van der Waals surface area (Å²) in [4.78, 5) is 26.0. The van der Waals surface area contributed by atoms with Gasteiger partial charge in [0.15, 0.2) is 0 Å². The molecular formula is C30H57Cl2N5O5Si. The number of rotatable bonds is 25. The Balaban J connectivity index is 0.00000924. The Bertz CT molecular complexity index is 866. The quantitative estimate of drug-likeness (QED) is 0.0720. The Morgan fingerprint density at radius 1 is 0.837 bits per heavy atom. The van der Waals surface area contributed by atoms with Gasteiger partial charge >= 0.3 is 20.7 Å². The minimum atomic E-state index is -2.70. The minimum Gasteiger partial charge on any atom is -1.00 e. The molecule has 1 aliphatic heterocycles. The summed E-state index contributed by atoms with van der Waals surface area (Å²) in [6.07, 6.45) is 14.5. The lowest BCUT2D eigenvalue weighted by Crippen LogP contribution is -3.00. The normalized spacial score (nSPS) is 14.4. The average molecular weight is 667 g/mol. The number of carbonyl (C=O) groups excluding carboxylic acids is 1. The maximum Gasteiger partial charge on any atom is 0.500 e. The van der Waals surface area contributed by atoms with E-state index in [4.69, 9.17) is 34.6 Å². The molecule has 0 bridgehead atoms. The second-order valence-electron chi connectivity index (χ2n) is 11.1. The van der Waals surface area contributed by atoms with Crippen molar-refractivity contribution in [2.45, 2.75) is 117 Å². The van der Waals surface area contributed by atoms with E-state index in [0.29, 0.717) is 68.4 Å². The maximum absolute atomic E-state index is 12.4. The Morgan fingerprint density at radius 2 is 1.42 bits per heavy atom. The zero-order valence-corrected chi connectivity index (χ0v) is 29.7. The average Bonchev–Trinajstić information content (AvgIpc) is 3.45. The highest BCUT2D eigenvalue weighted by molar-refractivity contribution is 6.60. The van der Waals surface area contributed by atoms with Crippen molar-refractivity contribution in [1.82, 2.24) is 19.4 Å². The summed E-state index contributed by atoms with van der Waals surface area (Å²) < 4.78 is 24.1. The number of carbonyl (C=O) groups is 1. The van der Waals surface area contributed by atoms with Gasteiger partial charge in [-0.25, -0.2) is 0 Å². The molecule has 0 unspecified atom stereocenters. The predicted octanol–water partition coefficient (Wildman–Crippen LogP) is 3.94. The summed E-state index contributed by atoms with van der Waals surface area (Å²) in [5.74, 6) is 0.969. The fraction of sp³-hybridized carbons (Fsp3) is 0.867. The van der Waals surface area contributed by atoms with Crippen molar-refractivity contribution >= 4 is 38.3 Å². The van der Waals surface area contributed by atoms with E-state index in [1.807, 2.05) is 20.8 Å².